The number of hydrogen-bond donors (Lipinski definition) is 2. The average molecular weight is 328 g/mol. The summed E-state index contributed by atoms with van der Waals surface area (Å²) in [5, 5.41) is 13.3. The highest BCUT2D eigenvalue weighted by Gasteiger charge is 2.29. The molecule has 0 aliphatic carbocycles. The third-order valence-corrected chi connectivity index (χ3v) is 4.92. The van der Waals surface area contributed by atoms with Crippen LogP contribution in [0.2, 0.25) is 0 Å². The highest BCUT2D eigenvalue weighted by Crippen LogP contribution is 2.25. The maximum absolute atomic E-state index is 12.3. The van der Waals surface area contributed by atoms with Gasteiger partial charge in [0.25, 0.3) is 0 Å². The van der Waals surface area contributed by atoms with E-state index in [-0.39, 0.29) is 24.2 Å². The first-order valence-electron chi connectivity index (χ1n) is 9.07. The zero-order valence-electron chi connectivity index (χ0n) is 15.7. The molecule has 23 heavy (non-hydrogen) atoms. The summed E-state index contributed by atoms with van der Waals surface area (Å²) in [7, 11) is 0. The van der Waals surface area contributed by atoms with Gasteiger partial charge in [-0.2, -0.15) is 0 Å². The van der Waals surface area contributed by atoms with Crippen LogP contribution in [0.4, 0.5) is 4.79 Å². The third kappa shape index (κ3) is 6.68. The van der Waals surface area contributed by atoms with E-state index in [1.165, 1.54) is 0 Å². The van der Waals surface area contributed by atoms with Gasteiger partial charge in [-0.05, 0) is 46.5 Å². The van der Waals surface area contributed by atoms with Crippen molar-refractivity contribution in [3.63, 3.8) is 0 Å². The summed E-state index contributed by atoms with van der Waals surface area (Å²) >= 11 is 0. The predicted molar refractivity (Wildman–Crippen MR) is 93.5 cm³/mol. The summed E-state index contributed by atoms with van der Waals surface area (Å²) in [4.78, 5) is 14.1. The number of carbonyl (C=O) groups is 1. The zero-order chi connectivity index (χ0) is 17.5. The second kappa shape index (κ2) is 8.88. The lowest BCUT2D eigenvalue weighted by molar-refractivity contribution is 0.0238. The van der Waals surface area contributed by atoms with Crippen molar-refractivity contribution in [2.24, 2.45) is 5.41 Å². The molecule has 1 heterocycles. The van der Waals surface area contributed by atoms with Crippen LogP contribution in [0.25, 0.3) is 0 Å². The van der Waals surface area contributed by atoms with Crippen LogP contribution in [0, 0.1) is 5.41 Å². The maximum atomic E-state index is 12.3. The van der Waals surface area contributed by atoms with Crippen LogP contribution in [0.3, 0.4) is 0 Å². The molecule has 0 spiro atoms. The van der Waals surface area contributed by atoms with Crippen LogP contribution in [0.1, 0.15) is 66.7 Å². The quantitative estimate of drug-likeness (QED) is 0.786. The molecule has 0 saturated carbocycles. The molecule has 0 aromatic carbocycles. The monoisotopic (exact) mass is 328 g/mol. The van der Waals surface area contributed by atoms with Gasteiger partial charge in [-0.3, -0.25) is 0 Å². The minimum Gasteiger partial charge on any atom is -0.444 e. The molecule has 1 saturated heterocycles. The fraction of sp³-hybridized carbons (Fsp3) is 0.944. The topological polar surface area (TPSA) is 61.8 Å². The third-order valence-electron chi connectivity index (χ3n) is 4.92. The molecular formula is C18H36N2O3. The second-order valence-electron chi connectivity index (χ2n) is 7.87. The molecule has 1 unspecified atom stereocenters. The van der Waals surface area contributed by atoms with Crippen molar-refractivity contribution in [1.82, 2.24) is 10.2 Å². The number of nitrogens with zero attached hydrogens (tertiary/aromatic N) is 1. The lowest BCUT2D eigenvalue weighted by Gasteiger charge is -2.33. The Kier molecular flexibility index (Phi) is 7.81. The molecule has 0 radical (unpaired) electrons. The molecule has 2 N–H and O–H groups in total. The van der Waals surface area contributed by atoms with E-state index in [9.17, 15) is 9.90 Å². The van der Waals surface area contributed by atoms with E-state index in [1.54, 1.807) is 0 Å². The maximum Gasteiger partial charge on any atom is 0.410 e. The Morgan fingerprint density at radius 3 is 2.43 bits per heavy atom. The summed E-state index contributed by atoms with van der Waals surface area (Å²) in [5.41, 5.74) is -0.508. The van der Waals surface area contributed by atoms with Gasteiger partial charge in [0.15, 0.2) is 0 Å². The minimum absolute atomic E-state index is 0.0525. The number of aliphatic hydroxyl groups is 1. The molecule has 5 nitrogen and oxygen atoms in total. The number of likely N-dealkylation sites (tertiary alicyclic amines) is 1. The first-order valence-corrected chi connectivity index (χ1v) is 9.07. The Bertz CT molecular complexity index is 354. The van der Waals surface area contributed by atoms with Crippen molar-refractivity contribution in [3.05, 3.63) is 0 Å². The van der Waals surface area contributed by atoms with Crippen LogP contribution in [-0.2, 0) is 4.74 Å². The summed E-state index contributed by atoms with van der Waals surface area (Å²) in [6.45, 7) is 12.4. The van der Waals surface area contributed by atoms with Gasteiger partial charge in [-0.25, -0.2) is 4.79 Å². The Balaban J connectivity index is 2.61. The first kappa shape index (κ1) is 20.2. The molecule has 0 bridgehead atoms. The molecule has 0 aromatic heterocycles. The predicted octanol–water partition coefficient (Wildman–Crippen LogP) is 3.16. The molecule has 1 fully saturated rings. The first-order chi connectivity index (χ1) is 10.7. The number of amides is 1. The summed E-state index contributed by atoms with van der Waals surface area (Å²) in [5.74, 6) is 0. The van der Waals surface area contributed by atoms with Crippen molar-refractivity contribution in [2.45, 2.75) is 78.4 Å². The molecule has 136 valence electrons. The van der Waals surface area contributed by atoms with Crippen LogP contribution >= 0.6 is 0 Å². The lowest BCUT2D eigenvalue weighted by Crippen LogP contribution is -2.47. The average Bonchev–Trinajstić information content (AvgIpc) is 2.73. The fourth-order valence-corrected chi connectivity index (χ4v) is 2.94. The molecule has 1 atom stereocenters. The number of nitrogens with one attached hydrogen (secondary N) is 1. The number of carbonyl (C=O) groups excluding carboxylic acids is 1. The normalized spacial score (nSPS) is 20.3. The van der Waals surface area contributed by atoms with Crippen molar-refractivity contribution in [2.75, 3.05) is 26.2 Å². The van der Waals surface area contributed by atoms with E-state index < -0.39 is 5.60 Å². The summed E-state index contributed by atoms with van der Waals surface area (Å²) < 4.78 is 5.51. The van der Waals surface area contributed by atoms with E-state index in [1.807, 2.05) is 25.7 Å². The van der Waals surface area contributed by atoms with Gasteiger partial charge in [0.05, 0.1) is 0 Å². The van der Waals surface area contributed by atoms with Crippen LogP contribution in [0.15, 0.2) is 0 Å². The van der Waals surface area contributed by atoms with Gasteiger partial charge in [-0.15, -0.1) is 0 Å². The van der Waals surface area contributed by atoms with E-state index >= 15 is 0 Å². The number of hydrogen-bond acceptors (Lipinski definition) is 4. The Labute approximate surface area is 141 Å². The van der Waals surface area contributed by atoms with E-state index in [4.69, 9.17) is 4.74 Å². The van der Waals surface area contributed by atoms with Crippen molar-refractivity contribution < 1.29 is 14.6 Å². The van der Waals surface area contributed by atoms with E-state index in [2.05, 4.69) is 19.2 Å². The zero-order valence-corrected chi connectivity index (χ0v) is 15.7. The smallest absolute Gasteiger partial charge is 0.410 e. The van der Waals surface area contributed by atoms with Gasteiger partial charge < -0.3 is 20.1 Å². The number of rotatable bonds is 6. The molecule has 5 heteroatoms. The van der Waals surface area contributed by atoms with E-state index in [0.717, 1.165) is 45.2 Å². The van der Waals surface area contributed by atoms with Crippen molar-refractivity contribution in [3.8, 4) is 0 Å². The largest absolute Gasteiger partial charge is 0.444 e. The molecular weight excluding hydrogens is 292 g/mol. The molecule has 1 amide bonds. The number of ether oxygens (including phenoxy) is 1. The van der Waals surface area contributed by atoms with E-state index in [0.29, 0.717) is 6.54 Å². The molecule has 0 aromatic rings. The highest BCUT2D eigenvalue weighted by atomic mass is 16.6. The molecule has 1 aliphatic heterocycles. The highest BCUT2D eigenvalue weighted by molar-refractivity contribution is 5.68. The van der Waals surface area contributed by atoms with Crippen LogP contribution in [-0.4, -0.2) is 54.0 Å². The van der Waals surface area contributed by atoms with Gasteiger partial charge in [0, 0.05) is 37.7 Å². The van der Waals surface area contributed by atoms with Gasteiger partial charge in [0.2, 0.25) is 0 Å². The van der Waals surface area contributed by atoms with Gasteiger partial charge in [0.1, 0.15) is 5.60 Å². The Morgan fingerprint density at radius 2 is 1.91 bits per heavy atom. The van der Waals surface area contributed by atoms with Crippen molar-refractivity contribution in [1.29, 1.82) is 0 Å². The van der Waals surface area contributed by atoms with Crippen LogP contribution in [0.5, 0.6) is 0 Å². The SMILES string of the molecule is CCC(CC)(CO)CNC1CCCCN(C(=O)OC(C)(C)C)C1. The standard InChI is InChI=1S/C18H36N2O3/c1-6-18(7-2,14-21)13-19-15-10-8-9-11-20(12-15)16(22)23-17(3,4)5/h15,19,21H,6-14H2,1-5H3. The Hall–Kier alpha value is -0.810. The summed E-state index contributed by atoms with van der Waals surface area (Å²) in [6, 6.07) is 0.272. The minimum atomic E-state index is -0.456. The van der Waals surface area contributed by atoms with Gasteiger partial charge in [-0.1, -0.05) is 20.3 Å². The Morgan fingerprint density at radius 1 is 1.26 bits per heavy atom. The molecule has 1 rings (SSSR count). The lowest BCUT2D eigenvalue weighted by atomic mass is 9.83. The number of aliphatic hydroxyl groups excluding tert-OH is 1. The molecule has 1 aliphatic rings. The van der Waals surface area contributed by atoms with Crippen LogP contribution < -0.4 is 5.32 Å². The van der Waals surface area contributed by atoms with Crippen molar-refractivity contribution >= 4 is 6.09 Å². The van der Waals surface area contributed by atoms with Gasteiger partial charge >= 0.3 is 6.09 Å². The summed E-state index contributed by atoms with van der Waals surface area (Å²) in [6.07, 6.45) is 4.88. The second-order valence-corrected chi connectivity index (χ2v) is 7.87. The fourth-order valence-electron chi connectivity index (χ4n) is 2.94.